The number of pyridine rings is 1. The molecular weight excluding hydrogens is 400 g/mol. The topological polar surface area (TPSA) is 146 Å². The van der Waals surface area contributed by atoms with Gasteiger partial charge in [0.2, 0.25) is 5.69 Å². The summed E-state index contributed by atoms with van der Waals surface area (Å²) in [6, 6.07) is 8.51. The number of fused-ring (bicyclic) bond motifs is 3. The zero-order valence-corrected chi connectivity index (χ0v) is 15.6. The van der Waals surface area contributed by atoms with Crippen LogP contribution in [-0.2, 0) is 4.74 Å². The van der Waals surface area contributed by atoms with Gasteiger partial charge in [-0.25, -0.2) is 4.79 Å². The number of hydrogen-bond acceptors (Lipinski definition) is 7. The van der Waals surface area contributed by atoms with Gasteiger partial charge in [0.15, 0.2) is 5.65 Å². The lowest BCUT2D eigenvalue weighted by Gasteiger charge is -2.07. The second kappa shape index (κ2) is 6.88. The van der Waals surface area contributed by atoms with Crippen molar-refractivity contribution in [2.45, 2.75) is 6.92 Å². The third kappa shape index (κ3) is 2.76. The molecule has 0 atom stereocenters. The Morgan fingerprint density at radius 2 is 2.07 bits per heavy atom. The number of hydrogen-bond donors (Lipinski definition) is 2. The Labute approximate surface area is 166 Å². The van der Waals surface area contributed by atoms with E-state index in [2.05, 4.69) is 20.3 Å². The van der Waals surface area contributed by atoms with Gasteiger partial charge in [-0.15, -0.1) is 10.2 Å². The van der Waals surface area contributed by atoms with Gasteiger partial charge < -0.3 is 9.72 Å². The van der Waals surface area contributed by atoms with Crippen LogP contribution in [0.1, 0.15) is 23.0 Å². The summed E-state index contributed by atoms with van der Waals surface area (Å²) in [6.07, 6.45) is 0. The molecule has 0 aliphatic rings. The van der Waals surface area contributed by atoms with Crippen LogP contribution in [0.4, 0.5) is 0 Å². The lowest BCUT2D eigenvalue weighted by atomic mass is 9.98. The van der Waals surface area contributed by atoms with Crippen molar-refractivity contribution in [2.24, 2.45) is 0 Å². The fraction of sp³-hybridized carbons (Fsp3) is 0.111. The van der Waals surface area contributed by atoms with Crippen molar-refractivity contribution in [3.63, 3.8) is 0 Å². The lowest BCUT2D eigenvalue weighted by molar-refractivity contribution is 0.0515. The second-order valence-corrected chi connectivity index (χ2v) is 6.30. The van der Waals surface area contributed by atoms with Gasteiger partial charge >= 0.3 is 11.5 Å². The Balaban J connectivity index is 2.18. The van der Waals surface area contributed by atoms with E-state index >= 15 is 0 Å². The zero-order valence-electron chi connectivity index (χ0n) is 14.8. The fourth-order valence-corrected chi connectivity index (χ4v) is 3.27. The normalized spacial score (nSPS) is 10.9. The van der Waals surface area contributed by atoms with E-state index in [1.54, 1.807) is 31.2 Å². The largest absolute Gasteiger partial charge is 0.461 e. The second-order valence-electron chi connectivity index (χ2n) is 5.89. The van der Waals surface area contributed by atoms with Crippen molar-refractivity contribution >= 4 is 34.3 Å². The van der Waals surface area contributed by atoms with Crippen LogP contribution < -0.4 is 11.1 Å². The van der Waals surface area contributed by atoms with Gasteiger partial charge in [0.25, 0.3) is 5.56 Å². The molecule has 0 unspecified atom stereocenters. The first kappa shape index (κ1) is 18.4. The molecule has 2 N–H and O–H groups in total. The van der Waals surface area contributed by atoms with Crippen molar-refractivity contribution in [1.29, 1.82) is 5.26 Å². The summed E-state index contributed by atoms with van der Waals surface area (Å²) in [6.45, 7) is 1.65. The highest BCUT2D eigenvalue weighted by atomic mass is 35.5. The minimum absolute atomic E-state index is 0.0146. The van der Waals surface area contributed by atoms with E-state index in [1.807, 2.05) is 6.07 Å². The number of carbonyl (C=O) groups excluding carboxylic acids is 1. The Bertz CT molecular complexity index is 1460. The number of H-pyrrole nitrogens is 2. The minimum atomic E-state index is -0.921. The number of aromatic amines is 2. The number of esters is 1. The molecule has 0 saturated carbocycles. The molecule has 0 aliphatic heterocycles. The summed E-state index contributed by atoms with van der Waals surface area (Å²) >= 11 is 6.29. The predicted molar refractivity (Wildman–Crippen MR) is 103 cm³/mol. The molecule has 4 aromatic rings. The first-order valence-corrected chi connectivity index (χ1v) is 8.75. The van der Waals surface area contributed by atoms with Gasteiger partial charge in [0.05, 0.1) is 12.0 Å². The van der Waals surface area contributed by atoms with Crippen molar-refractivity contribution < 1.29 is 9.53 Å². The quantitative estimate of drug-likeness (QED) is 0.488. The van der Waals surface area contributed by atoms with E-state index in [1.165, 1.54) is 0 Å². The average Bonchev–Trinajstić information content (AvgIpc) is 3.06. The monoisotopic (exact) mass is 410 g/mol. The number of nitriles is 1. The predicted octanol–water partition coefficient (Wildman–Crippen LogP) is 1.63. The van der Waals surface area contributed by atoms with Crippen LogP contribution in [0.5, 0.6) is 0 Å². The first-order chi connectivity index (χ1) is 14.0. The highest BCUT2D eigenvalue weighted by Gasteiger charge is 2.24. The van der Waals surface area contributed by atoms with E-state index < -0.39 is 22.8 Å². The van der Waals surface area contributed by atoms with E-state index in [-0.39, 0.29) is 34.4 Å². The Morgan fingerprint density at radius 3 is 2.76 bits per heavy atom. The Kier molecular flexibility index (Phi) is 4.37. The van der Waals surface area contributed by atoms with Gasteiger partial charge in [0.1, 0.15) is 17.3 Å². The molecule has 0 radical (unpaired) electrons. The lowest BCUT2D eigenvalue weighted by Crippen LogP contribution is -2.26. The number of carbonyl (C=O) groups is 1. The summed E-state index contributed by atoms with van der Waals surface area (Å²) in [4.78, 5) is 39.6. The average molecular weight is 411 g/mol. The number of rotatable bonds is 3. The van der Waals surface area contributed by atoms with Gasteiger partial charge in [-0.05, 0) is 13.0 Å². The number of aromatic nitrogens is 5. The van der Waals surface area contributed by atoms with E-state index in [9.17, 15) is 19.6 Å². The third-order valence-corrected chi connectivity index (χ3v) is 4.58. The summed E-state index contributed by atoms with van der Waals surface area (Å²) in [5.74, 6) is -0.921. The highest BCUT2D eigenvalue weighted by molar-refractivity contribution is 6.34. The molecule has 0 bridgehead atoms. The van der Waals surface area contributed by atoms with Crippen LogP contribution >= 0.6 is 11.6 Å². The number of nitrogens with zero attached hydrogens (tertiary/aromatic N) is 4. The number of ether oxygens (including phenoxy) is 1. The van der Waals surface area contributed by atoms with E-state index in [4.69, 9.17) is 16.3 Å². The maximum atomic E-state index is 12.7. The summed E-state index contributed by atoms with van der Waals surface area (Å²) < 4.78 is 5.77. The highest BCUT2D eigenvalue weighted by Crippen LogP contribution is 2.35. The number of benzene rings is 1. The number of halogens is 1. The molecule has 0 spiro atoms. The van der Waals surface area contributed by atoms with Gasteiger partial charge in [-0.1, -0.05) is 29.8 Å². The minimum Gasteiger partial charge on any atom is -0.461 e. The standard InChI is InChI=1S/C18H11ClN6O4/c1-2-29-18(28)13-17(27)25-15(23-22-13)12-11(8-5-3-4-6-10(8)19)9(7-20)16(26)21-14(12)24-25/h3-6H,2H2,1H3,(H2,21,24,26). The van der Waals surface area contributed by atoms with Crippen LogP contribution in [0.3, 0.4) is 0 Å². The molecule has 0 saturated heterocycles. The first-order valence-electron chi connectivity index (χ1n) is 8.37. The SMILES string of the molecule is CCOC(=O)c1nnc2c3c(-c4ccccc4Cl)c(C#N)c(=O)[nH]c3[nH]n2c1=O. The van der Waals surface area contributed by atoms with Crippen LogP contribution in [0.2, 0.25) is 5.02 Å². The van der Waals surface area contributed by atoms with Crippen LogP contribution in [0, 0.1) is 11.3 Å². The zero-order chi connectivity index (χ0) is 20.7. The molecule has 1 aromatic carbocycles. The maximum absolute atomic E-state index is 12.7. The smallest absolute Gasteiger partial charge is 0.364 e. The van der Waals surface area contributed by atoms with Gasteiger partial charge in [-0.3, -0.25) is 14.7 Å². The van der Waals surface area contributed by atoms with Crippen molar-refractivity contribution in [3.8, 4) is 17.2 Å². The summed E-state index contributed by atoms with van der Waals surface area (Å²) in [5, 5.41) is 20.5. The molecule has 4 rings (SSSR count). The molecule has 10 nitrogen and oxygen atoms in total. The summed E-state index contributed by atoms with van der Waals surface area (Å²) in [7, 11) is 0. The molecule has 144 valence electrons. The van der Waals surface area contributed by atoms with Crippen molar-refractivity contribution in [1.82, 2.24) is 24.8 Å². The molecular formula is C18H11ClN6O4. The molecule has 0 aliphatic carbocycles. The van der Waals surface area contributed by atoms with Crippen molar-refractivity contribution in [3.05, 3.63) is 61.3 Å². The molecule has 29 heavy (non-hydrogen) atoms. The molecule has 0 fully saturated rings. The summed E-state index contributed by atoms with van der Waals surface area (Å²) in [5.41, 5.74) is -1.45. The third-order valence-electron chi connectivity index (χ3n) is 4.25. The molecule has 3 heterocycles. The van der Waals surface area contributed by atoms with E-state index in [0.29, 0.717) is 10.6 Å². The molecule has 3 aromatic heterocycles. The van der Waals surface area contributed by atoms with Crippen molar-refractivity contribution in [2.75, 3.05) is 6.61 Å². The van der Waals surface area contributed by atoms with Crippen LogP contribution in [0.15, 0.2) is 33.9 Å². The Hall–Kier alpha value is -3.97. The van der Waals surface area contributed by atoms with Gasteiger partial charge in [-0.2, -0.15) is 9.78 Å². The van der Waals surface area contributed by atoms with E-state index in [0.717, 1.165) is 4.52 Å². The van der Waals surface area contributed by atoms with Gasteiger partial charge in [0, 0.05) is 16.1 Å². The maximum Gasteiger partial charge on any atom is 0.364 e. The van der Waals surface area contributed by atoms with Crippen LogP contribution in [-0.4, -0.2) is 37.4 Å². The fourth-order valence-electron chi connectivity index (χ4n) is 3.04. The molecule has 11 heteroatoms. The van der Waals surface area contributed by atoms with Crippen LogP contribution in [0.25, 0.3) is 27.8 Å². The molecule has 0 amide bonds. The number of nitrogens with one attached hydrogen (secondary N) is 2. The Morgan fingerprint density at radius 1 is 1.31 bits per heavy atom.